The standard InChI is InChI=1S/C22H26N2O3/c1-22(2,3)19(15-16-7-5-4-6-8-16)27-20(25)17-9-11-18(12-10-17)24-14-13-23-21(24)26/h4-12,19H,13-15H2,1-3H3,(H,23,26). The average Bonchev–Trinajstić information content (AvgIpc) is 3.07. The minimum Gasteiger partial charge on any atom is -0.458 e. The number of rotatable bonds is 5. The predicted molar refractivity (Wildman–Crippen MR) is 106 cm³/mol. The summed E-state index contributed by atoms with van der Waals surface area (Å²) < 4.78 is 5.86. The third-order valence-corrected chi connectivity index (χ3v) is 4.75. The van der Waals surface area contributed by atoms with Crippen LogP contribution in [-0.4, -0.2) is 31.2 Å². The predicted octanol–water partition coefficient (Wildman–Crippen LogP) is 4.03. The maximum absolute atomic E-state index is 12.7. The van der Waals surface area contributed by atoms with Crippen molar-refractivity contribution in [1.82, 2.24) is 5.32 Å². The summed E-state index contributed by atoms with van der Waals surface area (Å²) >= 11 is 0. The molecule has 1 atom stereocenters. The van der Waals surface area contributed by atoms with E-state index in [1.807, 2.05) is 30.3 Å². The number of carbonyl (C=O) groups excluding carboxylic acids is 2. The van der Waals surface area contributed by atoms with Crippen molar-refractivity contribution in [2.75, 3.05) is 18.0 Å². The molecule has 3 rings (SSSR count). The van der Waals surface area contributed by atoms with E-state index in [1.54, 1.807) is 29.2 Å². The van der Waals surface area contributed by atoms with Crippen molar-refractivity contribution in [3.05, 3.63) is 65.7 Å². The maximum atomic E-state index is 12.7. The summed E-state index contributed by atoms with van der Waals surface area (Å²) in [7, 11) is 0. The van der Waals surface area contributed by atoms with Gasteiger partial charge < -0.3 is 10.1 Å². The Morgan fingerprint density at radius 2 is 1.78 bits per heavy atom. The van der Waals surface area contributed by atoms with Crippen molar-refractivity contribution in [2.24, 2.45) is 5.41 Å². The van der Waals surface area contributed by atoms with Crippen molar-refractivity contribution in [2.45, 2.75) is 33.3 Å². The number of hydrogen-bond acceptors (Lipinski definition) is 3. The lowest BCUT2D eigenvalue weighted by molar-refractivity contribution is -0.00240. The van der Waals surface area contributed by atoms with Gasteiger partial charge in [-0.1, -0.05) is 51.1 Å². The molecule has 1 heterocycles. The van der Waals surface area contributed by atoms with Gasteiger partial charge in [-0.25, -0.2) is 9.59 Å². The number of amides is 2. The number of ether oxygens (including phenoxy) is 1. The zero-order chi connectivity index (χ0) is 19.4. The van der Waals surface area contributed by atoms with E-state index in [9.17, 15) is 9.59 Å². The fraction of sp³-hybridized carbons (Fsp3) is 0.364. The molecule has 142 valence electrons. The van der Waals surface area contributed by atoms with Gasteiger partial charge in [0.15, 0.2) is 0 Å². The van der Waals surface area contributed by atoms with Gasteiger partial charge in [-0.05, 0) is 35.2 Å². The van der Waals surface area contributed by atoms with E-state index < -0.39 is 0 Å². The zero-order valence-corrected chi connectivity index (χ0v) is 16.1. The molecule has 1 saturated heterocycles. The van der Waals surface area contributed by atoms with E-state index in [0.29, 0.717) is 25.1 Å². The van der Waals surface area contributed by atoms with Crippen LogP contribution >= 0.6 is 0 Å². The number of nitrogens with one attached hydrogen (secondary N) is 1. The van der Waals surface area contributed by atoms with Crippen LogP contribution in [0.15, 0.2) is 54.6 Å². The highest BCUT2D eigenvalue weighted by molar-refractivity contribution is 5.95. The molecule has 0 saturated carbocycles. The van der Waals surface area contributed by atoms with E-state index in [0.717, 1.165) is 11.3 Å². The largest absolute Gasteiger partial charge is 0.458 e. The van der Waals surface area contributed by atoms with Crippen molar-refractivity contribution >= 4 is 17.7 Å². The van der Waals surface area contributed by atoms with Crippen LogP contribution in [0.5, 0.6) is 0 Å². The normalized spacial score (nSPS) is 15.4. The Bertz CT molecular complexity index is 795. The molecule has 1 N–H and O–H groups in total. The maximum Gasteiger partial charge on any atom is 0.338 e. The van der Waals surface area contributed by atoms with Crippen LogP contribution in [0.2, 0.25) is 0 Å². The van der Waals surface area contributed by atoms with Crippen LogP contribution in [0.4, 0.5) is 10.5 Å². The van der Waals surface area contributed by atoms with Crippen LogP contribution < -0.4 is 10.2 Å². The van der Waals surface area contributed by atoms with Gasteiger partial charge in [-0.2, -0.15) is 0 Å². The first-order valence-corrected chi connectivity index (χ1v) is 9.25. The number of urea groups is 1. The lowest BCUT2D eigenvalue weighted by Gasteiger charge is -2.30. The van der Waals surface area contributed by atoms with Crippen LogP contribution in [0.3, 0.4) is 0 Å². The number of anilines is 1. The van der Waals surface area contributed by atoms with Gasteiger partial charge in [0.1, 0.15) is 6.10 Å². The molecule has 0 aliphatic carbocycles. The van der Waals surface area contributed by atoms with E-state index in [-0.39, 0.29) is 23.5 Å². The van der Waals surface area contributed by atoms with Crippen LogP contribution in [-0.2, 0) is 11.2 Å². The quantitative estimate of drug-likeness (QED) is 0.813. The molecule has 0 spiro atoms. The third kappa shape index (κ3) is 4.67. The average molecular weight is 366 g/mol. The van der Waals surface area contributed by atoms with Crippen molar-refractivity contribution < 1.29 is 14.3 Å². The Balaban J connectivity index is 1.70. The molecular weight excluding hydrogens is 340 g/mol. The van der Waals surface area contributed by atoms with Crippen molar-refractivity contribution in [3.63, 3.8) is 0 Å². The van der Waals surface area contributed by atoms with Gasteiger partial charge in [0.2, 0.25) is 0 Å². The second-order valence-electron chi connectivity index (χ2n) is 7.88. The number of nitrogens with zero attached hydrogens (tertiary/aromatic N) is 1. The molecule has 5 nitrogen and oxygen atoms in total. The first kappa shape index (κ1) is 19.0. The highest BCUT2D eigenvalue weighted by atomic mass is 16.5. The zero-order valence-electron chi connectivity index (χ0n) is 16.1. The number of carbonyl (C=O) groups is 2. The molecule has 27 heavy (non-hydrogen) atoms. The van der Waals surface area contributed by atoms with Crippen LogP contribution in [0, 0.1) is 5.41 Å². The highest BCUT2D eigenvalue weighted by Gasteiger charge is 2.29. The van der Waals surface area contributed by atoms with E-state index in [4.69, 9.17) is 4.74 Å². The number of hydrogen-bond donors (Lipinski definition) is 1. The Morgan fingerprint density at radius 3 is 2.33 bits per heavy atom. The van der Waals surface area contributed by atoms with E-state index in [2.05, 4.69) is 26.1 Å². The van der Waals surface area contributed by atoms with Crippen LogP contribution in [0.1, 0.15) is 36.7 Å². The van der Waals surface area contributed by atoms with Gasteiger partial charge in [0, 0.05) is 25.2 Å². The molecule has 2 aromatic rings. The van der Waals surface area contributed by atoms with Crippen LogP contribution in [0.25, 0.3) is 0 Å². The first-order valence-electron chi connectivity index (χ1n) is 9.25. The summed E-state index contributed by atoms with van der Waals surface area (Å²) in [6, 6.07) is 16.9. The number of benzene rings is 2. The highest BCUT2D eigenvalue weighted by Crippen LogP contribution is 2.27. The fourth-order valence-corrected chi connectivity index (χ4v) is 3.05. The van der Waals surface area contributed by atoms with Crippen molar-refractivity contribution in [3.8, 4) is 0 Å². The van der Waals surface area contributed by atoms with Gasteiger partial charge in [-0.3, -0.25) is 4.90 Å². The summed E-state index contributed by atoms with van der Waals surface area (Å²) in [5.41, 5.74) is 2.22. The van der Waals surface area contributed by atoms with Gasteiger partial charge in [0.05, 0.1) is 5.56 Å². The molecule has 0 aromatic heterocycles. The summed E-state index contributed by atoms with van der Waals surface area (Å²) in [5.74, 6) is -0.344. The summed E-state index contributed by atoms with van der Waals surface area (Å²) in [6.07, 6.45) is 0.429. The van der Waals surface area contributed by atoms with E-state index in [1.165, 1.54) is 0 Å². The minimum absolute atomic E-state index is 0.110. The molecule has 1 fully saturated rings. The van der Waals surface area contributed by atoms with Crippen molar-refractivity contribution in [1.29, 1.82) is 0 Å². The Hall–Kier alpha value is -2.82. The fourth-order valence-electron chi connectivity index (χ4n) is 3.05. The lowest BCUT2D eigenvalue weighted by Crippen LogP contribution is -2.33. The third-order valence-electron chi connectivity index (χ3n) is 4.75. The molecular formula is C22H26N2O3. The SMILES string of the molecule is CC(C)(C)C(Cc1ccccc1)OC(=O)c1ccc(N2CCNC2=O)cc1. The second kappa shape index (κ2) is 7.82. The summed E-state index contributed by atoms with van der Waals surface area (Å²) in [4.78, 5) is 26.1. The van der Waals surface area contributed by atoms with Gasteiger partial charge in [-0.15, -0.1) is 0 Å². The summed E-state index contributed by atoms with van der Waals surface area (Å²) in [5, 5.41) is 2.77. The molecule has 1 unspecified atom stereocenters. The molecule has 0 radical (unpaired) electrons. The Morgan fingerprint density at radius 1 is 1.11 bits per heavy atom. The summed E-state index contributed by atoms with van der Waals surface area (Å²) in [6.45, 7) is 7.48. The smallest absolute Gasteiger partial charge is 0.338 e. The molecule has 5 heteroatoms. The molecule has 2 aromatic carbocycles. The second-order valence-corrected chi connectivity index (χ2v) is 7.88. The van der Waals surface area contributed by atoms with E-state index >= 15 is 0 Å². The monoisotopic (exact) mass is 366 g/mol. The lowest BCUT2D eigenvalue weighted by atomic mass is 9.85. The molecule has 2 amide bonds. The minimum atomic E-state index is -0.344. The Kier molecular flexibility index (Phi) is 5.49. The molecule has 1 aliphatic heterocycles. The van der Waals surface area contributed by atoms with Gasteiger partial charge >= 0.3 is 12.0 Å². The van der Waals surface area contributed by atoms with Gasteiger partial charge in [0.25, 0.3) is 0 Å². The first-order chi connectivity index (χ1) is 12.8. The topological polar surface area (TPSA) is 58.6 Å². The Labute approximate surface area is 160 Å². The number of esters is 1. The molecule has 1 aliphatic rings. The molecule has 0 bridgehead atoms.